The van der Waals surface area contributed by atoms with Gasteiger partial charge in [-0.25, -0.2) is 0 Å². The van der Waals surface area contributed by atoms with E-state index in [4.69, 9.17) is 0 Å². The van der Waals surface area contributed by atoms with Crippen LogP contribution in [0.5, 0.6) is 0 Å². The SMILES string of the molecule is O=C1CCC(N2Cc3cc(CI)ccc3C2S)C(=O)N1. The quantitative estimate of drug-likeness (QED) is 0.345. The average Bonchev–Trinajstić information content (AvgIpc) is 2.75. The van der Waals surface area contributed by atoms with Crippen LogP contribution in [-0.4, -0.2) is 22.8 Å². The molecule has 4 nitrogen and oxygen atoms in total. The molecule has 0 saturated carbocycles. The van der Waals surface area contributed by atoms with Crippen molar-refractivity contribution in [3.05, 3.63) is 34.9 Å². The van der Waals surface area contributed by atoms with Crippen molar-refractivity contribution in [1.82, 2.24) is 10.2 Å². The summed E-state index contributed by atoms with van der Waals surface area (Å²) in [5.74, 6) is -0.368. The molecule has 1 aromatic rings. The summed E-state index contributed by atoms with van der Waals surface area (Å²) in [6.07, 6.45) is 0.984. The maximum atomic E-state index is 12.0. The number of nitrogens with zero attached hydrogens (tertiary/aromatic N) is 1. The maximum Gasteiger partial charge on any atom is 0.243 e. The van der Waals surface area contributed by atoms with Crippen LogP contribution in [0.4, 0.5) is 0 Å². The molecule has 2 aliphatic rings. The second-order valence-electron chi connectivity index (χ2n) is 5.18. The summed E-state index contributed by atoms with van der Waals surface area (Å²) in [6.45, 7) is 0.722. The van der Waals surface area contributed by atoms with E-state index in [2.05, 4.69) is 63.6 Å². The molecule has 0 spiro atoms. The van der Waals surface area contributed by atoms with Gasteiger partial charge in [0.15, 0.2) is 0 Å². The molecule has 20 heavy (non-hydrogen) atoms. The molecular weight excluding hydrogens is 387 g/mol. The third-order valence-corrected chi connectivity index (χ3v) is 5.37. The van der Waals surface area contributed by atoms with Crippen LogP contribution in [0.3, 0.4) is 0 Å². The van der Waals surface area contributed by atoms with Crippen molar-refractivity contribution in [2.45, 2.75) is 35.2 Å². The molecule has 0 aliphatic carbocycles. The van der Waals surface area contributed by atoms with Gasteiger partial charge in [0.25, 0.3) is 0 Å². The lowest BCUT2D eigenvalue weighted by Crippen LogP contribution is -2.51. The Morgan fingerprint density at radius 3 is 2.90 bits per heavy atom. The van der Waals surface area contributed by atoms with Gasteiger partial charge in [0.05, 0.1) is 11.4 Å². The molecule has 0 radical (unpaired) electrons. The van der Waals surface area contributed by atoms with Gasteiger partial charge < -0.3 is 0 Å². The number of imide groups is 1. The van der Waals surface area contributed by atoms with E-state index in [0.717, 1.165) is 11.0 Å². The number of rotatable bonds is 2. The summed E-state index contributed by atoms with van der Waals surface area (Å²) in [4.78, 5) is 25.3. The summed E-state index contributed by atoms with van der Waals surface area (Å²) in [5, 5.41) is 2.35. The van der Waals surface area contributed by atoms with E-state index in [-0.39, 0.29) is 23.2 Å². The van der Waals surface area contributed by atoms with Crippen molar-refractivity contribution in [2.75, 3.05) is 0 Å². The van der Waals surface area contributed by atoms with Crippen molar-refractivity contribution in [3.8, 4) is 0 Å². The molecule has 1 saturated heterocycles. The van der Waals surface area contributed by atoms with Crippen molar-refractivity contribution in [3.63, 3.8) is 0 Å². The number of amides is 2. The monoisotopic (exact) mass is 402 g/mol. The number of nitrogens with one attached hydrogen (secondary N) is 1. The van der Waals surface area contributed by atoms with E-state index in [1.54, 1.807) is 0 Å². The Hall–Kier alpha value is -0.600. The number of carbonyl (C=O) groups is 2. The van der Waals surface area contributed by atoms with Gasteiger partial charge in [-0.3, -0.25) is 19.8 Å². The fourth-order valence-electron chi connectivity index (χ4n) is 2.87. The number of hydrogen-bond donors (Lipinski definition) is 2. The number of halogens is 1. The minimum atomic E-state index is -0.259. The van der Waals surface area contributed by atoms with Crippen LogP contribution in [0.15, 0.2) is 18.2 Å². The van der Waals surface area contributed by atoms with Gasteiger partial charge in [-0.2, -0.15) is 12.6 Å². The van der Waals surface area contributed by atoms with Crippen LogP contribution in [-0.2, 0) is 20.6 Å². The standard InChI is InChI=1S/C14H15IN2O2S/c15-6-8-1-2-10-9(5-8)7-17(14(10)20)11-3-4-12(18)16-13(11)19/h1-2,5,11,14,20H,3-4,6-7H2,(H,16,18,19). The lowest BCUT2D eigenvalue weighted by atomic mass is 10.0. The van der Waals surface area contributed by atoms with Gasteiger partial charge in [-0.05, 0) is 23.1 Å². The van der Waals surface area contributed by atoms with Crippen molar-refractivity contribution in [1.29, 1.82) is 0 Å². The molecule has 2 atom stereocenters. The number of thiol groups is 1. The Balaban J connectivity index is 1.84. The summed E-state index contributed by atoms with van der Waals surface area (Å²) in [6, 6.07) is 6.15. The largest absolute Gasteiger partial charge is 0.295 e. The van der Waals surface area contributed by atoms with Crippen LogP contribution in [0.1, 0.15) is 34.9 Å². The first-order chi connectivity index (χ1) is 9.60. The molecule has 1 N–H and O–H groups in total. The van der Waals surface area contributed by atoms with E-state index in [0.29, 0.717) is 12.8 Å². The highest BCUT2D eigenvalue weighted by Gasteiger charge is 2.38. The lowest BCUT2D eigenvalue weighted by molar-refractivity contribution is -0.137. The Morgan fingerprint density at radius 2 is 2.20 bits per heavy atom. The van der Waals surface area contributed by atoms with E-state index >= 15 is 0 Å². The molecule has 2 unspecified atom stereocenters. The highest BCUT2D eigenvalue weighted by Crippen LogP contribution is 2.39. The number of fused-ring (bicyclic) bond motifs is 1. The Bertz CT molecular complexity index is 578. The predicted molar refractivity (Wildman–Crippen MR) is 87.6 cm³/mol. The van der Waals surface area contributed by atoms with Crippen LogP contribution < -0.4 is 5.32 Å². The zero-order valence-corrected chi connectivity index (χ0v) is 13.9. The predicted octanol–water partition coefficient (Wildman–Crippen LogP) is 2.17. The molecule has 0 aromatic heterocycles. The van der Waals surface area contributed by atoms with Crippen molar-refractivity contribution in [2.24, 2.45) is 0 Å². The van der Waals surface area contributed by atoms with E-state index < -0.39 is 0 Å². The first-order valence-electron chi connectivity index (χ1n) is 6.55. The fraction of sp³-hybridized carbons (Fsp3) is 0.429. The Morgan fingerprint density at radius 1 is 1.40 bits per heavy atom. The third-order valence-electron chi connectivity index (χ3n) is 3.92. The van der Waals surface area contributed by atoms with E-state index in [1.807, 2.05) is 0 Å². The summed E-state index contributed by atoms with van der Waals surface area (Å²) in [5.41, 5.74) is 3.70. The van der Waals surface area contributed by atoms with Crippen LogP contribution >= 0.6 is 35.2 Å². The van der Waals surface area contributed by atoms with Gasteiger partial charge in [0.1, 0.15) is 0 Å². The second-order valence-corrected chi connectivity index (χ2v) is 6.43. The minimum Gasteiger partial charge on any atom is -0.295 e. The molecule has 2 heterocycles. The highest BCUT2D eigenvalue weighted by molar-refractivity contribution is 14.1. The first-order valence-corrected chi connectivity index (χ1v) is 8.59. The van der Waals surface area contributed by atoms with Gasteiger partial charge in [0, 0.05) is 17.4 Å². The molecule has 0 bridgehead atoms. The second kappa shape index (κ2) is 5.65. The molecular formula is C14H15IN2O2S. The van der Waals surface area contributed by atoms with E-state index in [9.17, 15) is 9.59 Å². The van der Waals surface area contributed by atoms with E-state index in [1.165, 1.54) is 16.7 Å². The molecule has 106 valence electrons. The number of piperidine rings is 1. The fourth-order valence-corrected chi connectivity index (χ4v) is 3.84. The van der Waals surface area contributed by atoms with Crippen LogP contribution in [0.2, 0.25) is 0 Å². The van der Waals surface area contributed by atoms with Crippen LogP contribution in [0.25, 0.3) is 0 Å². The van der Waals surface area contributed by atoms with Crippen LogP contribution in [0, 0.1) is 0 Å². The molecule has 3 rings (SSSR count). The molecule has 2 amide bonds. The number of alkyl halides is 1. The maximum absolute atomic E-state index is 12.0. The molecule has 1 aromatic carbocycles. The normalized spacial score (nSPS) is 26.5. The Kier molecular flexibility index (Phi) is 4.05. The van der Waals surface area contributed by atoms with Gasteiger partial charge in [0.2, 0.25) is 11.8 Å². The molecule has 2 aliphatic heterocycles. The smallest absolute Gasteiger partial charge is 0.243 e. The molecule has 1 fully saturated rings. The zero-order valence-electron chi connectivity index (χ0n) is 10.8. The topological polar surface area (TPSA) is 49.4 Å². The summed E-state index contributed by atoms with van der Waals surface area (Å²) in [7, 11) is 0. The van der Waals surface area contributed by atoms with Gasteiger partial charge >= 0.3 is 0 Å². The summed E-state index contributed by atoms with van der Waals surface area (Å²) >= 11 is 7.01. The number of carbonyl (C=O) groups excluding carboxylic acids is 2. The van der Waals surface area contributed by atoms with Gasteiger partial charge in [-0.15, -0.1) is 0 Å². The number of benzene rings is 1. The van der Waals surface area contributed by atoms with Crippen molar-refractivity contribution >= 4 is 47.0 Å². The minimum absolute atomic E-state index is 0.0720. The van der Waals surface area contributed by atoms with Crippen molar-refractivity contribution < 1.29 is 9.59 Å². The lowest BCUT2D eigenvalue weighted by Gasteiger charge is -2.32. The summed E-state index contributed by atoms with van der Waals surface area (Å²) < 4.78 is 0.973. The highest BCUT2D eigenvalue weighted by atomic mass is 127. The number of hydrogen-bond acceptors (Lipinski definition) is 4. The third kappa shape index (κ3) is 2.48. The molecule has 6 heteroatoms. The first kappa shape index (κ1) is 14.3. The average molecular weight is 402 g/mol. The van der Waals surface area contributed by atoms with Gasteiger partial charge in [-0.1, -0.05) is 40.8 Å². The Labute approximate surface area is 136 Å². The zero-order chi connectivity index (χ0) is 14.3.